The molecule has 4 heterocycles. The Morgan fingerprint density at radius 2 is 2.23 bits per heavy atom. The molecule has 0 saturated carbocycles. The van der Waals surface area contributed by atoms with Crippen LogP contribution in [-0.2, 0) is 6.54 Å². The number of aromatic nitrogens is 2. The van der Waals surface area contributed by atoms with Gasteiger partial charge >= 0.3 is 0 Å². The second-order valence-electron chi connectivity index (χ2n) is 6.68. The zero-order valence-electron chi connectivity index (χ0n) is 14.7. The summed E-state index contributed by atoms with van der Waals surface area (Å²) < 4.78 is 5.40. The number of nitrogens with zero attached hydrogens (tertiary/aromatic N) is 2. The summed E-state index contributed by atoms with van der Waals surface area (Å²) in [5, 5.41) is 10.3. The summed E-state index contributed by atoms with van der Waals surface area (Å²) in [7, 11) is 0. The van der Waals surface area contributed by atoms with Crippen molar-refractivity contribution in [2.24, 2.45) is 0 Å². The van der Waals surface area contributed by atoms with Crippen molar-refractivity contribution >= 4 is 17.2 Å². The number of H-pyrrole nitrogens is 1. The average Bonchev–Trinajstić information content (AvgIpc) is 3.37. The molecule has 1 aliphatic heterocycles. The van der Waals surface area contributed by atoms with Gasteiger partial charge in [-0.05, 0) is 50.1 Å². The van der Waals surface area contributed by atoms with E-state index in [0.29, 0.717) is 5.69 Å². The lowest BCUT2D eigenvalue weighted by Crippen LogP contribution is -2.44. The molecule has 1 fully saturated rings. The quantitative estimate of drug-likeness (QED) is 0.722. The predicted molar refractivity (Wildman–Crippen MR) is 101 cm³/mol. The Morgan fingerprint density at radius 3 is 2.92 bits per heavy atom. The molecule has 0 aromatic carbocycles. The summed E-state index contributed by atoms with van der Waals surface area (Å²) in [6.45, 7) is 4.80. The van der Waals surface area contributed by atoms with E-state index in [0.717, 1.165) is 48.8 Å². The van der Waals surface area contributed by atoms with Crippen molar-refractivity contribution in [1.29, 1.82) is 0 Å². The first-order valence-corrected chi connectivity index (χ1v) is 9.67. The molecule has 0 unspecified atom stereocenters. The van der Waals surface area contributed by atoms with Gasteiger partial charge in [0.1, 0.15) is 5.76 Å². The number of carbonyl (C=O) groups excluding carboxylic acids is 1. The lowest BCUT2D eigenvalue weighted by atomic mass is 10.0. The molecule has 0 aliphatic carbocycles. The Labute approximate surface area is 156 Å². The molecule has 0 radical (unpaired) electrons. The van der Waals surface area contributed by atoms with Gasteiger partial charge in [0.2, 0.25) is 0 Å². The second kappa shape index (κ2) is 7.47. The first-order valence-electron chi connectivity index (χ1n) is 8.85. The fourth-order valence-corrected chi connectivity index (χ4v) is 4.09. The Bertz CT molecular complexity index is 860. The fourth-order valence-electron chi connectivity index (χ4n) is 3.26. The summed E-state index contributed by atoms with van der Waals surface area (Å²) >= 11 is 1.69. The van der Waals surface area contributed by atoms with E-state index in [-0.39, 0.29) is 11.9 Å². The summed E-state index contributed by atoms with van der Waals surface area (Å²) in [4.78, 5) is 17.2. The van der Waals surface area contributed by atoms with E-state index < -0.39 is 0 Å². The molecule has 1 aliphatic rings. The minimum Gasteiger partial charge on any atom is -0.468 e. The summed E-state index contributed by atoms with van der Waals surface area (Å²) in [6, 6.07) is 10.0. The minimum absolute atomic E-state index is 0.106. The van der Waals surface area contributed by atoms with Gasteiger partial charge in [-0.1, -0.05) is 0 Å². The number of thiophene rings is 1. The number of likely N-dealkylation sites (tertiary alicyclic amines) is 1. The SMILES string of the molecule is Cc1ccc(-c2cc(C(=O)NC3CCN(Cc4ccco4)CC3)n[nH]2)s1. The first-order chi connectivity index (χ1) is 12.7. The van der Waals surface area contributed by atoms with Gasteiger partial charge in [0.15, 0.2) is 5.69 Å². The summed E-state index contributed by atoms with van der Waals surface area (Å²) in [5.74, 6) is 0.880. The fraction of sp³-hybridized carbons (Fsp3) is 0.368. The highest BCUT2D eigenvalue weighted by molar-refractivity contribution is 7.15. The van der Waals surface area contributed by atoms with E-state index in [1.165, 1.54) is 4.88 Å². The highest BCUT2D eigenvalue weighted by Crippen LogP contribution is 2.26. The molecular weight excluding hydrogens is 348 g/mol. The molecule has 3 aromatic heterocycles. The molecule has 3 aromatic rings. The maximum absolute atomic E-state index is 12.5. The molecule has 0 atom stereocenters. The van der Waals surface area contributed by atoms with Crippen LogP contribution in [0.1, 0.15) is 34.0 Å². The predicted octanol–water partition coefficient (Wildman–Crippen LogP) is 3.43. The molecule has 0 spiro atoms. The van der Waals surface area contributed by atoms with Crippen LogP contribution in [0.2, 0.25) is 0 Å². The number of carbonyl (C=O) groups is 1. The average molecular weight is 370 g/mol. The summed E-state index contributed by atoms with van der Waals surface area (Å²) in [6.07, 6.45) is 3.58. The van der Waals surface area contributed by atoms with Gasteiger partial charge in [0.05, 0.1) is 23.4 Å². The van der Waals surface area contributed by atoms with Crippen LogP contribution in [0.25, 0.3) is 10.6 Å². The van der Waals surface area contributed by atoms with Gasteiger partial charge in [0.25, 0.3) is 5.91 Å². The van der Waals surface area contributed by atoms with Crippen molar-refractivity contribution in [1.82, 2.24) is 20.4 Å². The van der Waals surface area contributed by atoms with E-state index in [2.05, 4.69) is 33.4 Å². The molecule has 136 valence electrons. The second-order valence-corrected chi connectivity index (χ2v) is 7.97. The van der Waals surface area contributed by atoms with Crippen molar-refractivity contribution in [3.8, 4) is 10.6 Å². The third-order valence-electron chi connectivity index (χ3n) is 4.70. The maximum Gasteiger partial charge on any atom is 0.272 e. The smallest absolute Gasteiger partial charge is 0.272 e. The number of hydrogen-bond donors (Lipinski definition) is 2. The number of piperidine rings is 1. The van der Waals surface area contributed by atoms with Crippen molar-refractivity contribution in [2.75, 3.05) is 13.1 Å². The molecule has 7 heteroatoms. The Kier molecular flexibility index (Phi) is 4.90. The number of aromatic amines is 1. The van der Waals surface area contributed by atoms with Gasteiger partial charge in [0, 0.05) is 24.0 Å². The number of rotatable bonds is 5. The van der Waals surface area contributed by atoms with E-state index in [9.17, 15) is 4.79 Å². The monoisotopic (exact) mass is 370 g/mol. The lowest BCUT2D eigenvalue weighted by molar-refractivity contribution is 0.0901. The zero-order valence-corrected chi connectivity index (χ0v) is 15.5. The number of aryl methyl sites for hydroxylation is 1. The largest absolute Gasteiger partial charge is 0.468 e. The van der Waals surface area contributed by atoms with E-state index >= 15 is 0 Å². The molecule has 26 heavy (non-hydrogen) atoms. The van der Waals surface area contributed by atoms with E-state index in [4.69, 9.17) is 4.42 Å². The molecule has 1 saturated heterocycles. The highest BCUT2D eigenvalue weighted by Gasteiger charge is 2.22. The molecular formula is C19H22N4O2S. The Balaban J connectivity index is 1.29. The molecule has 1 amide bonds. The van der Waals surface area contributed by atoms with Gasteiger partial charge in [-0.25, -0.2) is 0 Å². The normalized spacial score (nSPS) is 16.0. The van der Waals surface area contributed by atoms with Crippen LogP contribution in [0.5, 0.6) is 0 Å². The Hall–Kier alpha value is -2.38. The van der Waals surface area contributed by atoms with E-state index in [1.807, 2.05) is 24.3 Å². The molecule has 2 N–H and O–H groups in total. The van der Waals surface area contributed by atoms with E-state index in [1.54, 1.807) is 17.6 Å². The topological polar surface area (TPSA) is 74.2 Å². The van der Waals surface area contributed by atoms with Gasteiger partial charge in [-0.3, -0.25) is 14.8 Å². The van der Waals surface area contributed by atoms with Crippen LogP contribution >= 0.6 is 11.3 Å². The number of amides is 1. The highest BCUT2D eigenvalue weighted by atomic mass is 32.1. The minimum atomic E-state index is -0.106. The van der Waals surface area contributed by atoms with Crippen LogP contribution in [0.3, 0.4) is 0 Å². The number of furan rings is 1. The van der Waals surface area contributed by atoms with Crippen LogP contribution in [0.4, 0.5) is 0 Å². The van der Waals surface area contributed by atoms with Crippen molar-refractivity contribution in [3.05, 3.63) is 52.9 Å². The lowest BCUT2D eigenvalue weighted by Gasteiger charge is -2.31. The molecule has 6 nitrogen and oxygen atoms in total. The Morgan fingerprint density at radius 1 is 1.38 bits per heavy atom. The van der Waals surface area contributed by atoms with Crippen LogP contribution in [-0.4, -0.2) is 40.1 Å². The van der Waals surface area contributed by atoms with Gasteiger partial charge in [-0.2, -0.15) is 5.10 Å². The van der Waals surface area contributed by atoms with Crippen LogP contribution < -0.4 is 5.32 Å². The number of nitrogens with one attached hydrogen (secondary N) is 2. The van der Waals surface area contributed by atoms with Crippen molar-refractivity contribution in [2.45, 2.75) is 32.4 Å². The molecule has 0 bridgehead atoms. The zero-order chi connectivity index (χ0) is 17.9. The summed E-state index contributed by atoms with van der Waals surface area (Å²) in [5.41, 5.74) is 1.34. The van der Waals surface area contributed by atoms with Crippen molar-refractivity contribution < 1.29 is 9.21 Å². The third kappa shape index (κ3) is 3.89. The first kappa shape index (κ1) is 17.1. The molecule has 4 rings (SSSR count). The van der Waals surface area contributed by atoms with Gasteiger partial charge in [-0.15, -0.1) is 11.3 Å². The van der Waals surface area contributed by atoms with Crippen LogP contribution in [0.15, 0.2) is 41.0 Å². The number of hydrogen-bond acceptors (Lipinski definition) is 5. The third-order valence-corrected chi connectivity index (χ3v) is 5.73. The standard InChI is InChI=1S/C19H22N4O2S/c1-13-4-5-18(26-13)16-11-17(22-21-16)19(24)20-14-6-8-23(9-7-14)12-15-3-2-10-25-15/h2-5,10-11,14H,6-9,12H2,1H3,(H,20,24)(H,21,22). The maximum atomic E-state index is 12.5. The van der Waals surface area contributed by atoms with Gasteiger partial charge < -0.3 is 9.73 Å². The van der Waals surface area contributed by atoms with Crippen molar-refractivity contribution in [3.63, 3.8) is 0 Å². The van der Waals surface area contributed by atoms with Crippen LogP contribution in [0, 0.1) is 6.92 Å².